The van der Waals surface area contributed by atoms with Crippen LogP contribution in [-0.4, -0.2) is 11.1 Å². The van der Waals surface area contributed by atoms with Gasteiger partial charge in [-0.25, -0.2) is 4.79 Å². The Bertz CT molecular complexity index is 143. The molecule has 0 spiro atoms. The largest absolute Gasteiger partial charge is 0.478 e. The summed E-state index contributed by atoms with van der Waals surface area (Å²) in [6.07, 6.45) is 7.93. The summed E-state index contributed by atoms with van der Waals surface area (Å²) < 4.78 is 0. The van der Waals surface area contributed by atoms with Crippen LogP contribution in [0.25, 0.3) is 0 Å². The molecule has 2 heteroatoms. The Morgan fingerprint density at radius 3 is 2.50 bits per heavy atom. The summed E-state index contributed by atoms with van der Waals surface area (Å²) in [7, 11) is 0. The van der Waals surface area contributed by atoms with Gasteiger partial charge in [0, 0.05) is 6.08 Å². The highest BCUT2D eigenvalue weighted by Gasteiger charge is 2.11. The Kier molecular flexibility index (Phi) is 2.49. The standard InChI is InChI=1S/C8H12O2/c9-8(10)6-5-7-3-1-2-4-7/h5-7H,1-4H2,(H,9,10)/b6-5+. The SMILES string of the molecule is O=C(O)/C=C/C1CCCC1. The van der Waals surface area contributed by atoms with Crippen molar-refractivity contribution < 1.29 is 9.90 Å². The maximum atomic E-state index is 10.1. The van der Waals surface area contributed by atoms with Crippen molar-refractivity contribution in [1.82, 2.24) is 0 Å². The summed E-state index contributed by atoms with van der Waals surface area (Å²) in [4.78, 5) is 10.1. The van der Waals surface area contributed by atoms with Crippen molar-refractivity contribution in [1.29, 1.82) is 0 Å². The van der Waals surface area contributed by atoms with Crippen LogP contribution in [-0.2, 0) is 4.79 Å². The second kappa shape index (κ2) is 3.40. The van der Waals surface area contributed by atoms with Crippen LogP contribution in [0.1, 0.15) is 25.7 Å². The van der Waals surface area contributed by atoms with Gasteiger partial charge in [0.2, 0.25) is 0 Å². The molecule has 0 aromatic heterocycles. The molecule has 1 saturated carbocycles. The van der Waals surface area contributed by atoms with Crippen LogP contribution in [0.5, 0.6) is 0 Å². The van der Waals surface area contributed by atoms with Crippen LogP contribution in [0.3, 0.4) is 0 Å². The first-order valence-electron chi connectivity index (χ1n) is 3.70. The van der Waals surface area contributed by atoms with Crippen LogP contribution >= 0.6 is 0 Å². The minimum Gasteiger partial charge on any atom is -0.478 e. The zero-order valence-electron chi connectivity index (χ0n) is 5.92. The molecule has 0 heterocycles. The Balaban J connectivity index is 2.29. The second-order valence-corrected chi connectivity index (χ2v) is 2.74. The topological polar surface area (TPSA) is 37.3 Å². The van der Waals surface area contributed by atoms with Gasteiger partial charge in [0.25, 0.3) is 0 Å². The lowest BCUT2D eigenvalue weighted by Gasteiger charge is -1.96. The molecule has 56 valence electrons. The molecule has 0 aromatic carbocycles. The van der Waals surface area contributed by atoms with Crippen LogP contribution in [0.2, 0.25) is 0 Å². The predicted molar refractivity (Wildman–Crippen MR) is 38.7 cm³/mol. The normalized spacial score (nSPS) is 20.4. The first kappa shape index (κ1) is 7.32. The van der Waals surface area contributed by atoms with Gasteiger partial charge in [-0.15, -0.1) is 0 Å². The highest BCUT2D eigenvalue weighted by Crippen LogP contribution is 2.25. The Labute approximate surface area is 60.6 Å². The van der Waals surface area contributed by atoms with Crippen LogP contribution in [0.15, 0.2) is 12.2 Å². The molecule has 0 bridgehead atoms. The van der Waals surface area contributed by atoms with Gasteiger partial charge in [-0.3, -0.25) is 0 Å². The molecule has 0 aromatic rings. The summed E-state index contributed by atoms with van der Waals surface area (Å²) in [5.74, 6) is -0.289. The zero-order valence-corrected chi connectivity index (χ0v) is 5.92. The number of aliphatic carboxylic acids is 1. The van der Waals surface area contributed by atoms with E-state index in [-0.39, 0.29) is 0 Å². The van der Waals surface area contributed by atoms with E-state index in [1.165, 1.54) is 31.8 Å². The van der Waals surface area contributed by atoms with Crippen molar-refractivity contribution in [3.63, 3.8) is 0 Å². The van der Waals surface area contributed by atoms with Crippen molar-refractivity contribution in [2.45, 2.75) is 25.7 Å². The van der Waals surface area contributed by atoms with Crippen molar-refractivity contribution in [3.8, 4) is 0 Å². The number of carboxylic acids is 1. The Hall–Kier alpha value is -0.790. The van der Waals surface area contributed by atoms with Gasteiger partial charge in [0.15, 0.2) is 0 Å². The van der Waals surface area contributed by atoms with Crippen molar-refractivity contribution in [2.24, 2.45) is 5.92 Å². The third-order valence-electron chi connectivity index (χ3n) is 1.91. The predicted octanol–water partition coefficient (Wildman–Crippen LogP) is 1.82. The fourth-order valence-electron chi connectivity index (χ4n) is 1.37. The first-order valence-corrected chi connectivity index (χ1v) is 3.70. The smallest absolute Gasteiger partial charge is 0.327 e. The van der Waals surface area contributed by atoms with Gasteiger partial charge in [-0.2, -0.15) is 0 Å². The highest BCUT2D eigenvalue weighted by atomic mass is 16.4. The van der Waals surface area contributed by atoms with E-state index in [1.54, 1.807) is 0 Å². The number of carboxylic acid groups (broad SMARTS) is 1. The van der Waals surface area contributed by atoms with Gasteiger partial charge in [-0.05, 0) is 18.8 Å². The molecule has 0 radical (unpaired) electrons. The molecule has 0 atom stereocenters. The minimum atomic E-state index is -0.827. The number of allylic oxidation sites excluding steroid dienone is 1. The third-order valence-corrected chi connectivity index (χ3v) is 1.91. The fraction of sp³-hybridized carbons (Fsp3) is 0.625. The van der Waals surface area contributed by atoms with E-state index in [0.717, 1.165) is 0 Å². The average Bonchev–Trinajstić information content (AvgIpc) is 2.34. The fourth-order valence-corrected chi connectivity index (χ4v) is 1.37. The van der Waals surface area contributed by atoms with Gasteiger partial charge < -0.3 is 5.11 Å². The molecule has 1 aliphatic rings. The highest BCUT2D eigenvalue weighted by molar-refractivity contribution is 5.79. The maximum Gasteiger partial charge on any atom is 0.327 e. The third kappa shape index (κ3) is 2.21. The molecule has 10 heavy (non-hydrogen) atoms. The lowest BCUT2D eigenvalue weighted by molar-refractivity contribution is -0.131. The van der Waals surface area contributed by atoms with E-state index in [0.29, 0.717) is 5.92 Å². The average molecular weight is 140 g/mol. The summed E-state index contributed by atoms with van der Waals surface area (Å²) in [6, 6.07) is 0. The van der Waals surface area contributed by atoms with E-state index >= 15 is 0 Å². The molecule has 0 unspecified atom stereocenters. The molecule has 0 amide bonds. The van der Waals surface area contributed by atoms with Crippen molar-refractivity contribution >= 4 is 5.97 Å². The molecule has 2 nitrogen and oxygen atoms in total. The molecule has 1 rings (SSSR count). The van der Waals surface area contributed by atoms with E-state index < -0.39 is 5.97 Å². The molecule has 0 aliphatic heterocycles. The summed E-state index contributed by atoms with van der Waals surface area (Å²) in [5, 5.41) is 8.29. The monoisotopic (exact) mass is 140 g/mol. The summed E-state index contributed by atoms with van der Waals surface area (Å²) in [5.41, 5.74) is 0. The number of rotatable bonds is 2. The molecule has 0 saturated heterocycles. The molecule has 1 fully saturated rings. The Morgan fingerprint density at radius 2 is 2.00 bits per heavy atom. The van der Waals surface area contributed by atoms with Gasteiger partial charge >= 0.3 is 5.97 Å². The van der Waals surface area contributed by atoms with Crippen LogP contribution in [0, 0.1) is 5.92 Å². The first-order chi connectivity index (χ1) is 4.79. The van der Waals surface area contributed by atoms with E-state index in [1.807, 2.05) is 6.08 Å². The summed E-state index contributed by atoms with van der Waals surface area (Å²) in [6.45, 7) is 0. The minimum absolute atomic E-state index is 0.538. The van der Waals surface area contributed by atoms with Gasteiger partial charge in [0.05, 0.1) is 0 Å². The van der Waals surface area contributed by atoms with E-state index in [9.17, 15) is 4.79 Å². The number of hydrogen-bond acceptors (Lipinski definition) is 1. The van der Waals surface area contributed by atoms with Crippen molar-refractivity contribution in [2.75, 3.05) is 0 Å². The van der Waals surface area contributed by atoms with Crippen molar-refractivity contribution in [3.05, 3.63) is 12.2 Å². The van der Waals surface area contributed by atoms with E-state index in [2.05, 4.69) is 0 Å². The summed E-state index contributed by atoms with van der Waals surface area (Å²) >= 11 is 0. The molecule has 1 N–H and O–H groups in total. The number of carbonyl (C=O) groups is 1. The van der Waals surface area contributed by atoms with Crippen LogP contribution < -0.4 is 0 Å². The van der Waals surface area contributed by atoms with E-state index in [4.69, 9.17) is 5.11 Å². The zero-order chi connectivity index (χ0) is 7.40. The Morgan fingerprint density at radius 1 is 1.40 bits per heavy atom. The maximum absolute atomic E-state index is 10.1. The molecule has 1 aliphatic carbocycles. The molecular weight excluding hydrogens is 128 g/mol. The quantitative estimate of drug-likeness (QED) is 0.594. The van der Waals surface area contributed by atoms with Gasteiger partial charge in [-0.1, -0.05) is 18.9 Å². The lowest BCUT2D eigenvalue weighted by atomic mass is 10.1. The second-order valence-electron chi connectivity index (χ2n) is 2.74. The molecular formula is C8H12O2. The lowest BCUT2D eigenvalue weighted by Crippen LogP contribution is -1.91. The number of hydrogen-bond donors (Lipinski definition) is 1. The van der Waals surface area contributed by atoms with Gasteiger partial charge in [0.1, 0.15) is 0 Å². The van der Waals surface area contributed by atoms with Crippen LogP contribution in [0.4, 0.5) is 0 Å².